The van der Waals surface area contributed by atoms with Crippen LogP contribution in [-0.2, 0) is 0 Å². The lowest BCUT2D eigenvalue weighted by Gasteiger charge is -2.01. The van der Waals surface area contributed by atoms with Gasteiger partial charge in [0, 0.05) is 28.7 Å². The van der Waals surface area contributed by atoms with E-state index in [1.165, 1.54) is 24.6 Å². The lowest BCUT2D eigenvalue weighted by atomic mass is 10.1. The largest absolute Gasteiger partial charge is 0.344 e. The van der Waals surface area contributed by atoms with E-state index in [-0.39, 0.29) is 5.28 Å². The maximum Gasteiger partial charge on any atom is 0.222 e. The summed E-state index contributed by atoms with van der Waals surface area (Å²) in [5, 5.41) is 10.5. The summed E-state index contributed by atoms with van der Waals surface area (Å²) in [5.74, 6) is 0. The van der Waals surface area contributed by atoms with Crippen molar-refractivity contribution in [3.05, 3.63) is 47.5 Å². The minimum atomic E-state index is 0.159. The van der Waals surface area contributed by atoms with Crippen LogP contribution < -0.4 is 0 Å². The van der Waals surface area contributed by atoms with Crippen LogP contribution in [0.15, 0.2) is 36.7 Å². The van der Waals surface area contributed by atoms with Crippen LogP contribution in [0.5, 0.6) is 0 Å². The molecule has 1 saturated carbocycles. The number of benzene rings is 1. The molecule has 2 aromatic heterocycles. The zero-order chi connectivity index (χ0) is 14.4. The molecule has 1 fully saturated rings. The quantitative estimate of drug-likeness (QED) is 0.672. The van der Waals surface area contributed by atoms with Crippen LogP contribution in [0.2, 0.25) is 5.28 Å². The summed E-state index contributed by atoms with van der Waals surface area (Å²) in [4.78, 5) is 8.17. The van der Waals surface area contributed by atoms with Crippen molar-refractivity contribution in [2.45, 2.75) is 18.9 Å². The fourth-order valence-electron chi connectivity index (χ4n) is 2.70. The number of rotatable bonds is 2. The van der Waals surface area contributed by atoms with Crippen LogP contribution in [0, 0.1) is 11.3 Å². The number of hydrogen-bond donors (Lipinski definition) is 0. The van der Waals surface area contributed by atoms with Gasteiger partial charge in [-0.15, -0.1) is 0 Å². The topological polar surface area (TPSA) is 54.5 Å². The minimum Gasteiger partial charge on any atom is -0.344 e. The lowest BCUT2D eigenvalue weighted by molar-refractivity contribution is 0.776. The molecule has 0 amide bonds. The first-order valence-corrected chi connectivity index (χ1v) is 7.18. The standard InChI is InChI=1S/C16H11ClN4/c17-16-19-8-10(7-18)15(20-16)13-9-21(11-5-6-11)14-4-2-1-3-12(13)14/h1-4,8-9,11H,5-6H2. The molecule has 4 nitrogen and oxygen atoms in total. The fraction of sp³-hybridized carbons (Fsp3) is 0.188. The Hall–Kier alpha value is -2.38. The Balaban J connectivity index is 2.03. The van der Waals surface area contributed by atoms with Crippen molar-refractivity contribution in [3.63, 3.8) is 0 Å². The monoisotopic (exact) mass is 294 g/mol. The highest BCUT2D eigenvalue weighted by Crippen LogP contribution is 2.41. The third-order valence-electron chi connectivity index (χ3n) is 3.82. The van der Waals surface area contributed by atoms with Crippen LogP contribution in [0.3, 0.4) is 0 Å². The molecule has 0 N–H and O–H groups in total. The van der Waals surface area contributed by atoms with Crippen molar-refractivity contribution in [3.8, 4) is 17.3 Å². The Morgan fingerprint density at radius 2 is 2.10 bits per heavy atom. The molecule has 21 heavy (non-hydrogen) atoms. The third kappa shape index (κ3) is 1.98. The van der Waals surface area contributed by atoms with Gasteiger partial charge in [-0.2, -0.15) is 5.26 Å². The van der Waals surface area contributed by atoms with Gasteiger partial charge in [0.05, 0.1) is 17.5 Å². The van der Waals surface area contributed by atoms with E-state index in [0.717, 1.165) is 10.9 Å². The van der Waals surface area contributed by atoms with E-state index in [4.69, 9.17) is 11.6 Å². The zero-order valence-corrected chi connectivity index (χ0v) is 11.9. The number of halogens is 1. The molecule has 0 unspecified atom stereocenters. The van der Waals surface area contributed by atoms with Crippen LogP contribution in [-0.4, -0.2) is 14.5 Å². The van der Waals surface area contributed by atoms with E-state index in [1.54, 1.807) is 0 Å². The van der Waals surface area contributed by atoms with Gasteiger partial charge in [-0.3, -0.25) is 0 Å². The van der Waals surface area contributed by atoms with Gasteiger partial charge in [-0.05, 0) is 30.5 Å². The van der Waals surface area contributed by atoms with E-state index in [0.29, 0.717) is 17.3 Å². The number of fused-ring (bicyclic) bond motifs is 1. The summed E-state index contributed by atoms with van der Waals surface area (Å²) in [6, 6.07) is 10.9. The van der Waals surface area contributed by atoms with E-state index in [1.807, 2.05) is 12.1 Å². The Bertz CT molecular complexity index is 887. The lowest BCUT2D eigenvalue weighted by Crippen LogP contribution is -1.92. The molecule has 102 valence electrons. The van der Waals surface area contributed by atoms with Gasteiger partial charge in [-0.1, -0.05) is 18.2 Å². The third-order valence-corrected chi connectivity index (χ3v) is 4.00. The molecule has 3 aromatic rings. The highest BCUT2D eigenvalue weighted by molar-refractivity contribution is 6.28. The maximum absolute atomic E-state index is 9.29. The molecule has 0 bridgehead atoms. The number of aromatic nitrogens is 3. The van der Waals surface area contributed by atoms with Crippen LogP contribution >= 0.6 is 11.6 Å². The average molecular weight is 295 g/mol. The smallest absolute Gasteiger partial charge is 0.222 e. The second-order valence-electron chi connectivity index (χ2n) is 5.21. The summed E-state index contributed by atoms with van der Waals surface area (Å²) >= 11 is 5.92. The first kappa shape index (κ1) is 12.4. The Morgan fingerprint density at radius 1 is 1.29 bits per heavy atom. The summed E-state index contributed by atoms with van der Waals surface area (Å²) in [7, 11) is 0. The number of nitriles is 1. The molecular formula is C16H11ClN4. The van der Waals surface area contributed by atoms with E-state index >= 15 is 0 Å². The molecule has 0 atom stereocenters. The minimum absolute atomic E-state index is 0.159. The number of para-hydroxylation sites is 1. The van der Waals surface area contributed by atoms with Crippen molar-refractivity contribution < 1.29 is 0 Å². The van der Waals surface area contributed by atoms with Gasteiger partial charge < -0.3 is 4.57 Å². The molecular weight excluding hydrogens is 284 g/mol. The Morgan fingerprint density at radius 3 is 2.86 bits per heavy atom. The van der Waals surface area contributed by atoms with E-state index in [2.05, 4.69) is 38.9 Å². The zero-order valence-electron chi connectivity index (χ0n) is 11.1. The van der Waals surface area contributed by atoms with Crippen molar-refractivity contribution in [2.75, 3.05) is 0 Å². The van der Waals surface area contributed by atoms with Crippen LogP contribution in [0.25, 0.3) is 22.2 Å². The molecule has 4 rings (SSSR count). The number of nitrogens with zero attached hydrogens (tertiary/aromatic N) is 4. The molecule has 5 heteroatoms. The maximum atomic E-state index is 9.29. The average Bonchev–Trinajstić information content (AvgIpc) is 3.28. The predicted octanol–water partition coefficient (Wildman–Crippen LogP) is 3.96. The summed E-state index contributed by atoms with van der Waals surface area (Å²) in [5.41, 5.74) is 3.16. The molecule has 0 radical (unpaired) electrons. The highest BCUT2D eigenvalue weighted by atomic mass is 35.5. The second-order valence-corrected chi connectivity index (χ2v) is 5.55. The molecule has 0 aliphatic heterocycles. The van der Waals surface area contributed by atoms with Gasteiger partial charge in [0.1, 0.15) is 6.07 Å². The van der Waals surface area contributed by atoms with E-state index < -0.39 is 0 Å². The van der Waals surface area contributed by atoms with Gasteiger partial charge >= 0.3 is 0 Å². The normalized spacial score (nSPS) is 14.3. The first-order valence-electron chi connectivity index (χ1n) is 6.80. The molecule has 1 aliphatic rings. The molecule has 1 aliphatic carbocycles. The van der Waals surface area contributed by atoms with Crippen molar-refractivity contribution in [1.29, 1.82) is 5.26 Å². The van der Waals surface area contributed by atoms with Crippen molar-refractivity contribution in [2.24, 2.45) is 0 Å². The SMILES string of the molecule is N#Cc1cnc(Cl)nc1-c1cn(C2CC2)c2ccccc12. The van der Waals surface area contributed by atoms with E-state index in [9.17, 15) is 5.26 Å². The van der Waals surface area contributed by atoms with Crippen LogP contribution in [0.1, 0.15) is 24.4 Å². The van der Waals surface area contributed by atoms with Gasteiger partial charge in [0.25, 0.3) is 0 Å². The Labute approximate surface area is 126 Å². The van der Waals surface area contributed by atoms with Crippen molar-refractivity contribution >= 4 is 22.5 Å². The van der Waals surface area contributed by atoms with Gasteiger partial charge in [0.2, 0.25) is 5.28 Å². The summed E-state index contributed by atoms with van der Waals surface area (Å²) in [6.45, 7) is 0. The number of hydrogen-bond acceptors (Lipinski definition) is 3. The molecule has 2 heterocycles. The summed E-state index contributed by atoms with van der Waals surface area (Å²) in [6.07, 6.45) is 5.97. The molecule has 1 aromatic carbocycles. The van der Waals surface area contributed by atoms with Gasteiger partial charge in [-0.25, -0.2) is 9.97 Å². The van der Waals surface area contributed by atoms with Crippen molar-refractivity contribution in [1.82, 2.24) is 14.5 Å². The van der Waals surface area contributed by atoms with Gasteiger partial charge in [0.15, 0.2) is 0 Å². The second kappa shape index (κ2) is 4.57. The Kier molecular flexibility index (Phi) is 2.69. The first-order chi connectivity index (χ1) is 10.3. The predicted molar refractivity (Wildman–Crippen MR) is 81.0 cm³/mol. The fourth-order valence-corrected chi connectivity index (χ4v) is 2.83. The highest BCUT2D eigenvalue weighted by Gasteiger charge is 2.26. The van der Waals surface area contributed by atoms with Crippen LogP contribution in [0.4, 0.5) is 0 Å². The summed E-state index contributed by atoms with van der Waals surface area (Å²) < 4.78 is 2.28. The molecule has 0 spiro atoms. The molecule has 0 saturated heterocycles.